The van der Waals surface area contributed by atoms with E-state index in [0.717, 1.165) is 29.4 Å². The molecule has 1 amide bonds. The lowest BCUT2D eigenvalue weighted by Crippen LogP contribution is -2.27. The van der Waals surface area contributed by atoms with E-state index in [1.807, 2.05) is 23.6 Å². The second-order valence-electron chi connectivity index (χ2n) is 5.71. The Labute approximate surface area is 141 Å². The predicted molar refractivity (Wildman–Crippen MR) is 92.3 cm³/mol. The van der Waals surface area contributed by atoms with Gasteiger partial charge in [0.2, 0.25) is 5.91 Å². The molecule has 0 saturated carbocycles. The molecule has 0 aromatic carbocycles. The second-order valence-corrected chi connectivity index (χ2v) is 6.57. The van der Waals surface area contributed by atoms with Gasteiger partial charge in [0.25, 0.3) is 0 Å². The molecule has 2 aromatic rings. The molecule has 1 N–H and O–H groups in total. The van der Waals surface area contributed by atoms with Gasteiger partial charge in [-0.05, 0) is 24.5 Å². The second kappa shape index (κ2) is 9.37. The molecule has 0 spiro atoms. The van der Waals surface area contributed by atoms with E-state index < -0.39 is 0 Å². The number of pyridine rings is 1. The number of carbonyl (C=O) groups is 1. The van der Waals surface area contributed by atoms with Crippen molar-refractivity contribution in [2.24, 2.45) is 5.92 Å². The molecule has 0 atom stereocenters. The smallest absolute Gasteiger partial charge is 0.226 e. The Morgan fingerprint density at radius 1 is 1.39 bits per heavy atom. The van der Waals surface area contributed by atoms with Crippen LogP contribution in [0.5, 0.6) is 0 Å². The normalized spacial score (nSPS) is 10.9. The fourth-order valence-corrected chi connectivity index (χ4v) is 2.74. The minimum Gasteiger partial charge on any atom is -0.381 e. The third-order valence-electron chi connectivity index (χ3n) is 3.02. The van der Waals surface area contributed by atoms with Crippen LogP contribution in [-0.4, -0.2) is 35.6 Å². The van der Waals surface area contributed by atoms with Crippen LogP contribution in [0, 0.1) is 5.92 Å². The molecule has 0 bridgehead atoms. The lowest BCUT2D eigenvalue weighted by molar-refractivity contribution is -0.120. The SMILES string of the molecule is CC(C)COCCCNC(=O)Cc1csc(-c2ccccn2)n1. The average Bonchev–Trinajstić information content (AvgIpc) is 3.00. The Hall–Kier alpha value is -1.79. The van der Waals surface area contributed by atoms with E-state index in [-0.39, 0.29) is 5.91 Å². The van der Waals surface area contributed by atoms with E-state index in [1.54, 1.807) is 6.20 Å². The number of amides is 1. The fraction of sp³-hybridized carbons (Fsp3) is 0.471. The molecule has 6 heteroatoms. The zero-order valence-electron chi connectivity index (χ0n) is 13.6. The largest absolute Gasteiger partial charge is 0.381 e. The van der Waals surface area contributed by atoms with E-state index in [4.69, 9.17) is 4.74 Å². The Morgan fingerprint density at radius 3 is 3.00 bits per heavy atom. The highest BCUT2D eigenvalue weighted by molar-refractivity contribution is 7.13. The number of hydrogen-bond acceptors (Lipinski definition) is 5. The summed E-state index contributed by atoms with van der Waals surface area (Å²) in [6, 6.07) is 5.72. The highest BCUT2D eigenvalue weighted by Gasteiger charge is 2.09. The first-order valence-corrected chi connectivity index (χ1v) is 8.73. The van der Waals surface area contributed by atoms with Gasteiger partial charge >= 0.3 is 0 Å². The molecule has 0 aliphatic rings. The van der Waals surface area contributed by atoms with Gasteiger partial charge in [0.05, 0.1) is 17.8 Å². The van der Waals surface area contributed by atoms with Crippen molar-refractivity contribution in [3.8, 4) is 10.7 Å². The van der Waals surface area contributed by atoms with Crippen LogP contribution >= 0.6 is 11.3 Å². The first-order valence-electron chi connectivity index (χ1n) is 7.85. The first kappa shape index (κ1) is 17.6. The molecule has 2 rings (SSSR count). The Kier molecular flexibility index (Phi) is 7.16. The topological polar surface area (TPSA) is 64.1 Å². The third-order valence-corrected chi connectivity index (χ3v) is 3.93. The van der Waals surface area contributed by atoms with Crippen molar-refractivity contribution in [3.63, 3.8) is 0 Å². The number of thiazole rings is 1. The Balaban J connectivity index is 1.69. The van der Waals surface area contributed by atoms with Gasteiger partial charge in [0, 0.05) is 31.3 Å². The van der Waals surface area contributed by atoms with Crippen molar-refractivity contribution in [1.82, 2.24) is 15.3 Å². The fourth-order valence-electron chi connectivity index (χ4n) is 1.94. The van der Waals surface area contributed by atoms with Crippen LogP contribution in [0.15, 0.2) is 29.8 Å². The molecule has 0 unspecified atom stereocenters. The van der Waals surface area contributed by atoms with E-state index in [1.165, 1.54) is 11.3 Å². The summed E-state index contributed by atoms with van der Waals surface area (Å²) >= 11 is 1.51. The minimum absolute atomic E-state index is 0.00766. The van der Waals surface area contributed by atoms with Crippen LogP contribution < -0.4 is 5.32 Å². The molecule has 5 nitrogen and oxygen atoms in total. The maximum atomic E-state index is 11.9. The van der Waals surface area contributed by atoms with Crippen molar-refractivity contribution in [1.29, 1.82) is 0 Å². The number of hydrogen-bond donors (Lipinski definition) is 1. The van der Waals surface area contributed by atoms with Gasteiger partial charge in [-0.15, -0.1) is 11.3 Å². The van der Waals surface area contributed by atoms with Crippen LogP contribution in [0.3, 0.4) is 0 Å². The van der Waals surface area contributed by atoms with Gasteiger partial charge in [-0.25, -0.2) is 4.98 Å². The zero-order chi connectivity index (χ0) is 16.5. The van der Waals surface area contributed by atoms with E-state index in [0.29, 0.717) is 25.5 Å². The molecule has 0 radical (unpaired) electrons. The molecule has 2 heterocycles. The molecular weight excluding hydrogens is 310 g/mol. The van der Waals surface area contributed by atoms with Gasteiger partial charge in [0.1, 0.15) is 5.01 Å². The summed E-state index contributed by atoms with van der Waals surface area (Å²) in [7, 11) is 0. The van der Waals surface area contributed by atoms with Crippen molar-refractivity contribution >= 4 is 17.2 Å². The number of carbonyl (C=O) groups excluding carboxylic acids is 1. The quantitative estimate of drug-likeness (QED) is 0.717. The molecule has 23 heavy (non-hydrogen) atoms. The van der Waals surface area contributed by atoms with Gasteiger partial charge in [0.15, 0.2) is 0 Å². The molecule has 2 aromatic heterocycles. The van der Waals surface area contributed by atoms with Crippen LogP contribution in [0.1, 0.15) is 26.0 Å². The number of rotatable bonds is 9. The standard InChI is InChI=1S/C17H23N3O2S/c1-13(2)11-22-9-5-8-19-16(21)10-14-12-23-17(20-14)15-6-3-4-7-18-15/h3-4,6-7,12-13H,5,8-11H2,1-2H3,(H,19,21). The number of nitrogens with one attached hydrogen (secondary N) is 1. The molecule has 0 fully saturated rings. The highest BCUT2D eigenvalue weighted by Crippen LogP contribution is 2.21. The molecule has 0 aliphatic carbocycles. The lowest BCUT2D eigenvalue weighted by atomic mass is 10.2. The van der Waals surface area contributed by atoms with Crippen LogP contribution in [-0.2, 0) is 16.0 Å². The highest BCUT2D eigenvalue weighted by atomic mass is 32.1. The van der Waals surface area contributed by atoms with Gasteiger partial charge < -0.3 is 10.1 Å². The lowest BCUT2D eigenvalue weighted by Gasteiger charge is -2.07. The number of ether oxygens (including phenoxy) is 1. The summed E-state index contributed by atoms with van der Waals surface area (Å²) in [6.07, 6.45) is 2.87. The number of nitrogens with zero attached hydrogens (tertiary/aromatic N) is 2. The van der Waals surface area contributed by atoms with Crippen molar-refractivity contribution < 1.29 is 9.53 Å². The van der Waals surface area contributed by atoms with Gasteiger partial charge in [-0.3, -0.25) is 9.78 Å². The summed E-state index contributed by atoms with van der Waals surface area (Å²) < 4.78 is 5.48. The summed E-state index contributed by atoms with van der Waals surface area (Å²) in [4.78, 5) is 20.6. The molecule has 0 saturated heterocycles. The summed E-state index contributed by atoms with van der Waals surface area (Å²) in [6.45, 7) is 6.32. The van der Waals surface area contributed by atoms with Crippen molar-refractivity contribution in [2.45, 2.75) is 26.7 Å². The van der Waals surface area contributed by atoms with Crippen LogP contribution in [0.2, 0.25) is 0 Å². The predicted octanol–water partition coefficient (Wildman–Crippen LogP) is 2.93. The van der Waals surface area contributed by atoms with Gasteiger partial charge in [-0.2, -0.15) is 0 Å². The summed E-state index contributed by atoms with van der Waals surface area (Å²) in [5.74, 6) is 0.536. The summed E-state index contributed by atoms with van der Waals surface area (Å²) in [5, 5.41) is 5.65. The monoisotopic (exact) mass is 333 g/mol. The number of aromatic nitrogens is 2. The Morgan fingerprint density at radius 2 is 2.26 bits per heavy atom. The first-order chi connectivity index (χ1) is 11.1. The molecular formula is C17H23N3O2S. The van der Waals surface area contributed by atoms with Gasteiger partial charge in [-0.1, -0.05) is 19.9 Å². The van der Waals surface area contributed by atoms with E-state index in [2.05, 4.69) is 29.1 Å². The van der Waals surface area contributed by atoms with Crippen LogP contribution in [0.4, 0.5) is 0 Å². The van der Waals surface area contributed by atoms with E-state index >= 15 is 0 Å². The Bertz CT molecular complexity index is 599. The molecule has 0 aliphatic heterocycles. The average molecular weight is 333 g/mol. The third kappa shape index (κ3) is 6.46. The molecule has 124 valence electrons. The summed E-state index contributed by atoms with van der Waals surface area (Å²) in [5.41, 5.74) is 1.62. The maximum Gasteiger partial charge on any atom is 0.226 e. The minimum atomic E-state index is -0.00766. The van der Waals surface area contributed by atoms with Crippen molar-refractivity contribution in [2.75, 3.05) is 19.8 Å². The van der Waals surface area contributed by atoms with Crippen LogP contribution in [0.25, 0.3) is 10.7 Å². The van der Waals surface area contributed by atoms with E-state index in [9.17, 15) is 4.79 Å². The van der Waals surface area contributed by atoms with Crippen molar-refractivity contribution in [3.05, 3.63) is 35.5 Å². The maximum absolute atomic E-state index is 11.9. The zero-order valence-corrected chi connectivity index (χ0v) is 14.4.